The molecule has 1 aliphatic rings. The fourth-order valence-electron chi connectivity index (χ4n) is 4.69. The molecule has 1 aromatic carbocycles. The van der Waals surface area contributed by atoms with Gasteiger partial charge in [-0.2, -0.15) is 0 Å². The molecule has 4 heterocycles. The summed E-state index contributed by atoms with van der Waals surface area (Å²) in [5.41, 5.74) is -0.0149. The molecule has 0 aliphatic carbocycles. The molecular weight excluding hydrogens is 537 g/mol. The van der Waals surface area contributed by atoms with Crippen LogP contribution in [-0.2, 0) is 24.9 Å². The Balaban J connectivity index is 0.00000181. The number of benzene rings is 1. The van der Waals surface area contributed by atoms with E-state index >= 15 is 0 Å². The molecule has 4 aromatic rings. The first kappa shape index (κ1) is 29.0. The van der Waals surface area contributed by atoms with Crippen molar-refractivity contribution in [2.45, 2.75) is 39.5 Å². The predicted molar refractivity (Wildman–Crippen MR) is 155 cm³/mol. The van der Waals surface area contributed by atoms with Crippen molar-refractivity contribution < 1.29 is 14.0 Å². The number of likely N-dealkylation sites (tertiary alicyclic amines) is 1. The van der Waals surface area contributed by atoms with E-state index in [1.807, 2.05) is 44.5 Å². The number of carbonyl (C=O) groups excluding carboxylic acids is 2. The van der Waals surface area contributed by atoms with E-state index in [2.05, 4.69) is 10.3 Å². The van der Waals surface area contributed by atoms with Gasteiger partial charge in [-0.15, -0.1) is 0 Å². The molecule has 212 valence electrons. The third-order valence-electron chi connectivity index (χ3n) is 6.64. The lowest BCUT2D eigenvalue weighted by atomic mass is 9.99. The Morgan fingerprint density at radius 1 is 1.18 bits per heavy atom. The lowest BCUT2D eigenvalue weighted by molar-refractivity contribution is -0.144. The third kappa shape index (κ3) is 5.51. The van der Waals surface area contributed by atoms with Crippen LogP contribution < -0.4 is 15.8 Å². The number of aromatic nitrogens is 4. The Morgan fingerprint density at radius 3 is 2.42 bits per heavy atom. The highest BCUT2D eigenvalue weighted by Gasteiger charge is 2.41. The zero-order valence-corrected chi connectivity index (χ0v) is 24.2. The van der Waals surface area contributed by atoms with Crippen molar-refractivity contribution in [2.24, 2.45) is 7.05 Å². The lowest BCUT2D eigenvalue weighted by Gasteiger charge is -2.42. The fraction of sp³-hybridized carbons (Fsp3) is 0.393. The number of aryl methyl sites for hydroxylation is 1. The Labute approximate surface area is 236 Å². The summed E-state index contributed by atoms with van der Waals surface area (Å²) < 4.78 is 17.1. The minimum absolute atomic E-state index is 0.0517. The molecule has 0 spiro atoms. The Kier molecular flexibility index (Phi) is 8.15. The quantitative estimate of drug-likeness (QED) is 0.381. The number of alkyl halides is 1. The standard InChI is InChI=1S/C26H27ClFN7O3.C2H6/c1-26(28)13-34(14-26)20(36)12-35-22-17(21-19(11-29-22)33(4)25(31-21)32(2)3)9-18(24(35)38)23(37)30-10-15-5-7-16(27)8-6-15;1-2/h5-9,11H,10,12-14H2,1-4H3,(H,30,37);1-2H3. The summed E-state index contributed by atoms with van der Waals surface area (Å²) in [7, 11) is 5.55. The van der Waals surface area contributed by atoms with E-state index in [1.54, 1.807) is 30.5 Å². The molecule has 40 heavy (non-hydrogen) atoms. The van der Waals surface area contributed by atoms with Crippen LogP contribution in [0.5, 0.6) is 0 Å². The number of fused-ring (bicyclic) bond motifs is 3. The predicted octanol–water partition coefficient (Wildman–Crippen LogP) is 3.53. The fourth-order valence-corrected chi connectivity index (χ4v) is 4.81. The van der Waals surface area contributed by atoms with Crippen molar-refractivity contribution in [3.63, 3.8) is 0 Å². The molecule has 0 radical (unpaired) electrons. The minimum atomic E-state index is -1.45. The van der Waals surface area contributed by atoms with Crippen LogP contribution in [0.25, 0.3) is 22.1 Å². The molecule has 0 saturated carbocycles. The zero-order valence-electron chi connectivity index (χ0n) is 23.5. The molecule has 12 heteroatoms. The number of rotatable bonds is 6. The van der Waals surface area contributed by atoms with Crippen LogP contribution in [0, 0.1) is 0 Å². The zero-order chi connectivity index (χ0) is 29.4. The van der Waals surface area contributed by atoms with Crippen LogP contribution in [0.15, 0.2) is 41.3 Å². The second-order valence-electron chi connectivity index (χ2n) is 10.0. The van der Waals surface area contributed by atoms with E-state index in [1.165, 1.54) is 22.5 Å². The maximum Gasteiger partial charge on any atom is 0.265 e. The number of hydrogen-bond acceptors (Lipinski definition) is 6. The van der Waals surface area contributed by atoms with Gasteiger partial charge in [0.25, 0.3) is 11.5 Å². The van der Waals surface area contributed by atoms with Crippen molar-refractivity contribution in [1.82, 2.24) is 29.3 Å². The normalized spacial score (nSPS) is 13.9. The van der Waals surface area contributed by atoms with Gasteiger partial charge >= 0.3 is 0 Å². The van der Waals surface area contributed by atoms with E-state index in [4.69, 9.17) is 16.6 Å². The van der Waals surface area contributed by atoms with Gasteiger partial charge in [-0.1, -0.05) is 37.6 Å². The summed E-state index contributed by atoms with van der Waals surface area (Å²) in [6.45, 7) is 5.11. The van der Waals surface area contributed by atoms with E-state index in [9.17, 15) is 18.8 Å². The molecule has 0 atom stereocenters. The number of anilines is 1. The average molecular weight is 570 g/mol. The summed E-state index contributed by atoms with van der Waals surface area (Å²) >= 11 is 5.94. The van der Waals surface area contributed by atoms with E-state index in [-0.39, 0.29) is 37.4 Å². The highest BCUT2D eigenvalue weighted by molar-refractivity contribution is 6.30. The van der Waals surface area contributed by atoms with Gasteiger partial charge in [0.1, 0.15) is 28.9 Å². The Morgan fingerprint density at radius 2 is 1.82 bits per heavy atom. The van der Waals surface area contributed by atoms with Gasteiger partial charge in [-0.25, -0.2) is 14.4 Å². The molecule has 1 aliphatic heterocycles. The van der Waals surface area contributed by atoms with Crippen molar-refractivity contribution >= 4 is 51.4 Å². The van der Waals surface area contributed by atoms with E-state index in [0.29, 0.717) is 27.4 Å². The van der Waals surface area contributed by atoms with Crippen molar-refractivity contribution in [3.05, 3.63) is 63.0 Å². The SMILES string of the molecule is CC.CN(C)c1nc2c3cc(C(=O)NCc4ccc(Cl)cc4)c(=O)n(CC(=O)N4CC(C)(F)C4)c3ncc2n1C. The molecule has 1 N–H and O–H groups in total. The van der Waals surface area contributed by atoms with Crippen LogP contribution in [0.1, 0.15) is 36.7 Å². The summed E-state index contributed by atoms with van der Waals surface area (Å²) in [4.78, 5) is 52.1. The Hall–Kier alpha value is -3.99. The second-order valence-corrected chi connectivity index (χ2v) is 10.5. The molecular formula is C28H33ClFN7O3. The number of carbonyl (C=O) groups is 2. The van der Waals surface area contributed by atoms with Gasteiger partial charge in [-0.05, 0) is 30.7 Å². The number of amides is 2. The van der Waals surface area contributed by atoms with Crippen LogP contribution >= 0.6 is 11.6 Å². The smallest absolute Gasteiger partial charge is 0.265 e. The highest BCUT2D eigenvalue weighted by atomic mass is 35.5. The van der Waals surface area contributed by atoms with Crippen LogP contribution in [0.2, 0.25) is 5.02 Å². The largest absolute Gasteiger partial charge is 0.348 e. The van der Waals surface area contributed by atoms with Crippen LogP contribution in [0.3, 0.4) is 0 Å². The maximum atomic E-state index is 14.0. The monoisotopic (exact) mass is 569 g/mol. The number of halogens is 2. The van der Waals surface area contributed by atoms with Crippen molar-refractivity contribution in [2.75, 3.05) is 32.1 Å². The first-order valence-electron chi connectivity index (χ1n) is 13.0. The van der Waals surface area contributed by atoms with Gasteiger partial charge in [0, 0.05) is 38.1 Å². The summed E-state index contributed by atoms with van der Waals surface area (Å²) in [5, 5.41) is 3.79. The van der Waals surface area contributed by atoms with Gasteiger partial charge in [0.2, 0.25) is 11.9 Å². The molecule has 2 amide bonds. The first-order chi connectivity index (χ1) is 18.9. The first-order valence-corrected chi connectivity index (χ1v) is 13.4. The van der Waals surface area contributed by atoms with Gasteiger partial charge in [-0.3, -0.25) is 19.0 Å². The van der Waals surface area contributed by atoms with Crippen LogP contribution in [-0.4, -0.2) is 68.7 Å². The van der Waals surface area contributed by atoms with Gasteiger partial charge in [0.05, 0.1) is 24.8 Å². The van der Waals surface area contributed by atoms with Crippen LogP contribution in [0.4, 0.5) is 10.3 Å². The van der Waals surface area contributed by atoms with Gasteiger partial charge < -0.3 is 19.7 Å². The van der Waals surface area contributed by atoms with Gasteiger partial charge in [0.15, 0.2) is 0 Å². The molecule has 1 saturated heterocycles. The average Bonchev–Trinajstić information content (AvgIpc) is 3.26. The highest BCUT2D eigenvalue weighted by Crippen LogP contribution is 2.28. The van der Waals surface area contributed by atoms with E-state index in [0.717, 1.165) is 5.56 Å². The second kappa shape index (κ2) is 11.2. The summed E-state index contributed by atoms with van der Waals surface area (Å²) in [6.07, 6.45) is 1.58. The molecule has 10 nitrogen and oxygen atoms in total. The number of pyridine rings is 2. The molecule has 0 bridgehead atoms. The minimum Gasteiger partial charge on any atom is -0.348 e. The molecule has 0 unspecified atom stereocenters. The molecule has 5 rings (SSSR count). The van der Waals surface area contributed by atoms with Crippen molar-refractivity contribution in [1.29, 1.82) is 0 Å². The number of imidazole rings is 1. The van der Waals surface area contributed by atoms with Crippen molar-refractivity contribution in [3.8, 4) is 0 Å². The topological polar surface area (TPSA) is 105 Å². The van der Waals surface area contributed by atoms with E-state index < -0.39 is 23.0 Å². The lowest BCUT2D eigenvalue weighted by Crippen LogP contribution is -2.60. The third-order valence-corrected chi connectivity index (χ3v) is 6.89. The molecule has 3 aromatic heterocycles. The number of nitrogens with zero attached hydrogens (tertiary/aromatic N) is 6. The summed E-state index contributed by atoms with van der Waals surface area (Å²) in [6, 6.07) is 8.44. The Bertz CT molecular complexity index is 1640. The maximum absolute atomic E-state index is 14.0. The number of nitrogens with one attached hydrogen (secondary N) is 1. The molecule has 1 fully saturated rings. The number of hydrogen-bond donors (Lipinski definition) is 1. The summed E-state index contributed by atoms with van der Waals surface area (Å²) in [5.74, 6) is -0.382.